The molecule has 2 heterocycles. The number of hydrogen-bond donors (Lipinski definition) is 2. The Morgan fingerprint density at radius 3 is 2.43 bits per heavy atom. The second-order valence-electron chi connectivity index (χ2n) is 8.43. The van der Waals surface area contributed by atoms with Crippen molar-refractivity contribution in [2.24, 2.45) is 0 Å². The average Bonchev–Trinajstić information content (AvgIpc) is 3.01. The molecule has 3 atom stereocenters. The van der Waals surface area contributed by atoms with Crippen LogP contribution in [-0.4, -0.2) is 42.2 Å². The number of quaternary nitrogens is 1. The predicted molar refractivity (Wildman–Crippen MR) is 119 cm³/mol. The monoisotopic (exact) mass is 559 g/mol. The highest BCUT2D eigenvalue weighted by Crippen LogP contribution is 2.39. The van der Waals surface area contributed by atoms with Crippen LogP contribution in [0.15, 0.2) is 53.0 Å². The number of urea groups is 1. The molecule has 2 N–H and O–H groups in total. The molecule has 0 aromatic heterocycles. The molecule has 35 heavy (non-hydrogen) atoms. The molecule has 2 saturated heterocycles. The minimum absolute atomic E-state index is 0.167. The van der Waals surface area contributed by atoms with Crippen LogP contribution in [0.4, 0.5) is 28.0 Å². The van der Waals surface area contributed by atoms with Crippen molar-refractivity contribution in [3.05, 3.63) is 64.4 Å². The molecule has 12 heteroatoms. The standard InChI is InChI=1S/C21H21BrFN3O2.C2HF3O2/c1-14-12-21(9-10-25(14)13-15-5-3-2-4-6-15)19(27)24-20(28)26(21)18-11-16(23)7-8-17(18)22;3-2(4,5)1(6)7/h2-8,11,14H,9-10,12-13H2,1H3,(H,24,27,28);(H,6,7). The van der Waals surface area contributed by atoms with Crippen LogP contribution in [0.5, 0.6) is 0 Å². The number of benzene rings is 2. The smallest absolute Gasteiger partial charge is 0.430 e. The SMILES string of the molecule is CC1CC2(CC[NH+]1Cc1ccccc1)C(=O)NC(=O)N2c1cc(F)ccc1Br.O=C([O-])C(F)(F)F. The van der Waals surface area contributed by atoms with E-state index < -0.39 is 29.5 Å². The lowest BCUT2D eigenvalue weighted by atomic mass is 9.81. The van der Waals surface area contributed by atoms with E-state index in [4.69, 9.17) is 9.90 Å². The number of carbonyl (C=O) groups is 3. The van der Waals surface area contributed by atoms with Crippen molar-refractivity contribution >= 4 is 39.5 Å². The number of nitrogens with zero attached hydrogens (tertiary/aromatic N) is 1. The number of hydrogen-bond acceptors (Lipinski definition) is 4. The summed E-state index contributed by atoms with van der Waals surface area (Å²) in [6, 6.07) is 14.1. The fraction of sp³-hybridized carbons (Fsp3) is 0.348. The number of nitrogens with one attached hydrogen (secondary N) is 2. The highest BCUT2D eigenvalue weighted by Gasteiger charge is 2.58. The fourth-order valence-electron chi connectivity index (χ4n) is 4.46. The summed E-state index contributed by atoms with van der Waals surface area (Å²) in [6.45, 7) is 3.73. The molecule has 2 aromatic carbocycles. The highest BCUT2D eigenvalue weighted by molar-refractivity contribution is 9.10. The number of carboxylic acids is 1. The number of imide groups is 1. The van der Waals surface area contributed by atoms with Gasteiger partial charge in [0.1, 0.15) is 23.9 Å². The van der Waals surface area contributed by atoms with Gasteiger partial charge >= 0.3 is 12.2 Å². The summed E-state index contributed by atoms with van der Waals surface area (Å²) in [7, 11) is 0. The second-order valence-corrected chi connectivity index (χ2v) is 9.29. The van der Waals surface area contributed by atoms with Crippen molar-refractivity contribution in [3.8, 4) is 0 Å². The molecule has 0 aliphatic carbocycles. The van der Waals surface area contributed by atoms with Crippen LogP contribution in [0.3, 0.4) is 0 Å². The number of carbonyl (C=O) groups excluding carboxylic acids is 3. The molecular formula is C23H22BrF4N3O4. The number of halogens is 5. The Labute approximate surface area is 206 Å². The Bertz CT molecular complexity index is 1120. The molecule has 4 rings (SSSR count). The Balaban J connectivity index is 0.000000429. The van der Waals surface area contributed by atoms with Gasteiger partial charge in [-0.05, 0) is 41.1 Å². The zero-order valence-electron chi connectivity index (χ0n) is 18.5. The summed E-state index contributed by atoms with van der Waals surface area (Å²) in [5, 5.41) is 11.2. The molecule has 188 valence electrons. The van der Waals surface area contributed by atoms with Crippen LogP contribution < -0.4 is 20.2 Å². The molecule has 3 amide bonds. The van der Waals surface area contributed by atoms with E-state index in [1.165, 1.54) is 27.5 Å². The molecule has 1 spiro atoms. The van der Waals surface area contributed by atoms with E-state index in [9.17, 15) is 27.2 Å². The second kappa shape index (κ2) is 10.3. The van der Waals surface area contributed by atoms with Gasteiger partial charge in [0.2, 0.25) is 0 Å². The van der Waals surface area contributed by atoms with Gasteiger partial charge in [-0.1, -0.05) is 30.3 Å². The first-order chi connectivity index (χ1) is 16.3. The molecule has 0 saturated carbocycles. The quantitative estimate of drug-likeness (QED) is 0.444. The molecule has 2 aromatic rings. The van der Waals surface area contributed by atoms with Crippen molar-refractivity contribution in [2.75, 3.05) is 11.4 Å². The number of anilines is 1. The lowest BCUT2D eigenvalue weighted by molar-refractivity contribution is -0.942. The summed E-state index contributed by atoms with van der Waals surface area (Å²) in [5.74, 6) is -3.74. The van der Waals surface area contributed by atoms with E-state index in [0.29, 0.717) is 23.0 Å². The first kappa shape index (κ1) is 26.6. The Hall–Kier alpha value is -2.99. The highest BCUT2D eigenvalue weighted by atomic mass is 79.9. The molecule has 2 fully saturated rings. The van der Waals surface area contributed by atoms with Crippen molar-refractivity contribution in [3.63, 3.8) is 0 Å². The summed E-state index contributed by atoms with van der Waals surface area (Å²) in [5.41, 5.74) is 0.659. The summed E-state index contributed by atoms with van der Waals surface area (Å²) < 4.78 is 46.0. The van der Waals surface area contributed by atoms with Gasteiger partial charge in [-0.25, -0.2) is 9.18 Å². The number of likely N-dealkylation sites (tertiary alicyclic amines) is 1. The van der Waals surface area contributed by atoms with Crippen molar-refractivity contribution < 1.29 is 42.0 Å². The number of alkyl halides is 3. The fourth-order valence-corrected chi connectivity index (χ4v) is 4.88. The van der Waals surface area contributed by atoms with E-state index in [1.54, 1.807) is 6.07 Å². The summed E-state index contributed by atoms with van der Waals surface area (Å²) >= 11 is 3.40. The zero-order chi connectivity index (χ0) is 26.0. The lowest BCUT2D eigenvalue weighted by Gasteiger charge is -2.43. The van der Waals surface area contributed by atoms with Crippen molar-refractivity contribution in [1.29, 1.82) is 0 Å². The van der Waals surface area contributed by atoms with Crippen molar-refractivity contribution in [2.45, 2.75) is 44.1 Å². The number of carboxylic acid groups (broad SMARTS) is 1. The third-order valence-electron chi connectivity index (χ3n) is 6.13. The van der Waals surface area contributed by atoms with E-state index in [-0.39, 0.29) is 11.9 Å². The average molecular weight is 560 g/mol. The molecule has 0 bridgehead atoms. The Morgan fingerprint density at radius 1 is 1.23 bits per heavy atom. The van der Waals surface area contributed by atoms with E-state index in [1.807, 2.05) is 18.2 Å². The van der Waals surface area contributed by atoms with Crippen molar-refractivity contribution in [1.82, 2.24) is 5.32 Å². The van der Waals surface area contributed by atoms with E-state index >= 15 is 0 Å². The molecule has 0 radical (unpaired) electrons. The van der Waals surface area contributed by atoms with Gasteiger partial charge in [0.05, 0.1) is 18.3 Å². The van der Waals surface area contributed by atoms with Crippen LogP contribution in [0.1, 0.15) is 25.3 Å². The van der Waals surface area contributed by atoms with Gasteiger partial charge in [-0.15, -0.1) is 0 Å². The summed E-state index contributed by atoms with van der Waals surface area (Å²) in [4.78, 5) is 37.1. The number of piperidine rings is 1. The van der Waals surface area contributed by atoms with Crippen LogP contribution in [0.25, 0.3) is 0 Å². The first-order valence-corrected chi connectivity index (χ1v) is 11.4. The number of amides is 3. The van der Waals surface area contributed by atoms with E-state index in [0.717, 1.165) is 13.1 Å². The molecule has 2 aliphatic heterocycles. The van der Waals surface area contributed by atoms with Gasteiger partial charge < -0.3 is 14.8 Å². The normalized spacial score (nSPS) is 24.1. The maximum atomic E-state index is 13.9. The van der Waals surface area contributed by atoms with Crippen LogP contribution in [-0.2, 0) is 16.1 Å². The van der Waals surface area contributed by atoms with Crippen LogP contribution in [0, 0.1) is 5.82 Å². The maximum absolute atomic E-state index is 13.9. The topological polar surface area (TPSA) is 94.0 Å². The Morgan fingerprint density at radius 2 is 1.86 bits per heavy atom. The Kier molecular flexibility index (Phi) is 7.85. The first-order valence-electron chi connectivity index (χ1n) is 10.6. The largest absolute Gasteiger partial charge is 0.542 e. The maximum Gasteiger partial charge on any atom is 0.430 e. The molecule has 2 aliphatic rings. The third kappa shape index (κ3) is 5.81. The van der Waals surface area contributed by atoms with Crippen LogP contribution >= 0.6 is 15.9 Å². The predicted octanol–water partition coefficient (Wildman–Crippen LogP) is 1.95. The summed E-state index contributed by atoms with van der Waals surface area (Å²) in [6.07, 6.45) is -4.14. The van der Waals surface area contributed by atoms with E-state index in [2.05, 4.69) is 40.3 Å². The number of rotatable bonds is 3. The minimum Gasteiger partial charge on any atom is -0.542 e. The van der Waals surface area contributed by atoms with Gasteiger partial charge in [-0.3, -0.25) is 15.0 Å². The van der Waals surface area contributed by atoms with Crippen LogP contribution in [0.2, 0.25) is 0 Å². The molecular weight excluding hydrogens is 538 g/mol. The zero-order valence-corrected chi connectivity index (χ0v) is 20.1. The lowest BCUT2D eigenvalue weighted by Crippen LogP contribution is -3.16. The van der Waals surface area contributed by atoms with Gasteiger partial charge in [0.15, 0.2) is 0 Å². The molecule has 3 unspecified atom stereocenters. The molecule has 7 nitrogen and oxygen atoms in total. The van der Waals surface area contributed by atoms with Gasteiger partial charge in [0.25, 0.3) is 5.91 Å². The van der Waals surface area contributed by atoms with Gasteiger partial charge in [-0.2, -0.15) is 13.2 Å². The minimum atomic E-state index is -5.19. The number of aliphatic carboxylic acids is 1. The third-order valence-corrected chi connectivity index (χ3v) is 6.80. The van der Waals surface area contributed by atoms with Gasteiger partial charge in [0, 0.05) is 22.9 Å².